The number of piperidine rings is 3. The molecule has 0 spiro atoms. The van der Waals surface area contributed by atoms with E-state index >= 15 is 0 Å². The van der Waals surface area contributed by atoms with Crippen LogP contribution in [0.4, 0.5) is 0 Å². The van der Waals surface area contributed by atoms with Crippen molar-refractivity contribution >= 4 is 29.1 Å². The summed E-state index contributed by atoms with van der Waals surface area (Å²) >= 11 is 12.0. The molecule has 3 aliphatic rings. The molecule has 2 bridgehead atoms. The van der Waals surface area contributed by atoms with Crippen LogP contribution in [-0.2, 0) is 0 Å². The predicted molar refractivity (Wildman–Crippen MR) is 102 cm³/mol. The van der Waals surface area contributed by atoms with Gasteiger partial charge in [0.05, 0.1) is 21.3 Å². The molecule has 7 heteroatoms. The number of pyridine rings is 1. The van der Waals surface area contributed by atoms with E-state index in [4.69, 9.17) is 23.2 Å². The Kier molecular flexibility index (Phi) is 4.78. The summed E-state index contributed by atoms with van der Waals surface area (Å²) in [7, 11) is 0. The van der Waals surface area contributed by atoms with E-state index in [2.05, 4.69) is 10.2 Å². The topological polar surface area (TPSA) is 54.3 Å². The van der Waals surface area contributed by atoms with Gasteiger partial charge in [-0.2, -0.15) is 0 Å². The van der Waals surface area contributed by atoms with Crippen molar-refractivity contribution in [3.05, 3.63) is 62.5 Å². The SMILES string of the molecule is O=C(NC1CN2CCC1CC2)c1ccc(=O)n(-c2ccc(Cl)c(Cl)c2)c1. The van der Waals surface area contributed by atoms with Crippen LogP contribution in [0.5, 0.6) is 0 Å². The van der Waals surface area contributed by atoms with Gasteiger partial charge in [0.1, 0.15) is 0 Å². The van der Waals surface area contributed by atoms with Crippen LogP contribution < -0.4 is 10.9 Å². The lowest BCUT2D eigenvalue weighted by molar-refractivity contribution is 0.0620. The van der Waals surface area contributed by atoms with E-state index in [1.807, 2.05) is 0 Å². The predicted octanol–water partition coefficient (Wildman–Crippen LogP) is 2.97. The van der Waals surface area contributed by atoms with Gasteiger partial charge < -0.3 is 10.2 Å². The van der Waals surface area contributed by atoms with Crippen LogP contribution in [0.2, 0.25) is 10.0 Å². The van der Waals surface area contributed by atoms with Crippen LogP contribution in [0, 0.1) is 5.92 Å². The van der Waals surface area contributed by atoms with Crippen molar-refractivity contribution in [1.29, 1.82) is 0 Å². The summed E-state index contributed by atoms with van der Waals surface area (Å²) in [6.45, 7) is 3.15. The minimum atomic E-state index is -0.234. The molecular formula is C19H19Cl2N3O2. The average Bonchev–Trinajstić information content (AvgIpc) is 2.65. The normalized spacial score (nSPS) is 24.5. The molecule has 1 unspecified atom stereocenters. The first-order chi connectivity index (χ1) is 12.5. The highest BCUT2D eigenvalue weighted by Gasteiger charge is 2.34. The number of aromatic nitrogens is 1. The molecule has 136 valence electrons. The summed E-state index contributed by atoms with van der Waals surface area (Å²) < 4.78 is 1.41. The molecule has 1 aromatic heterocycles. The number of benzene rings is 1. The van der Waals surface area contributed by atoms with Gasteiger partial charge in [-0.1, -0.05) is 23.2 Å². The summed E-state index contributed by atoms with van der Waals surface area (Å²) in [4.78, 5) is 27.3. The zero-order valence-corrected chi connectivity index (χ0v) is 15.6. The quantitative estimate of drug-likeness (QED) is 0.874. The maximum Gasteiger partial charge on any atom is 0.255 e. The fourth-order valence-corrected chi connectivity index (χ4v) is 4.13. The second kappa shape index (κ2) is 7.06. The molecule has 1 amide bonds. The summed E-state index contributed by atoms with van der Waals surface area (Å²) in [5.41, 5.74) is 0.789. The molecule has 3 fully saturated rings. The minimum Gasteiger partial charge on any atom is -0.348 e. The molecule has 5 rings (SSSR count). The molecule has 0 saturated carbocycles. The van der Waals surface area contributed by atoms with Crippen LogP contribution in [0.25, 0.3) is 5.69 Å². The van der Waals surface area contributed by atoms with Gasteiger partial charge in [-0.05, 0) is 56.1 Å². The Labute approximate surface area is 161 Å². The standard InChI is InChI=1S/C19H19Cl2N3O2/c20-15-3-2-14(9-16(15)21)24-10-13(1-4-18(24)25)19(26)22-17-11-23-7-5-12(17)6-8-23/h1-4,9-10,12,17H,5-8,11H2,(H,22,26). The Morgan fingerprint density at radius 1 is 1.08 bits per heavy atom. The Balaban J connectivity index is 1.58. The highest BCUT2D eigenvalue weighted by atomic mass is 35.5. The monoisotopic (exact) mass is 391 g/mol. The molecule has 26 heavy (non-hydrogen) atoms. The Morgan fingerprint density at radius 2 is 1.85 bits per heavy atom. The molecule has 4 heterocycles. The van der Waals surface area contributed by atoms with Crippen LogP contribution in [-0.4, -0.2) is 41.1 Å². The molecule has 3 saturated heterocycles. The van der Waals surface area contributed by atoms with Crippen LogP contribution in [0.1, 0.15) is 23.2 Å². The number of hydrogen-bond donors (Lipinski definition) is 1. The molecule has 2 aromatic rings. The third kappa shape index (κ3) is 3.39. The molecule has 3 aliphatic heterocycles. The van der Waals surface area contributed by atoms with E-state index in [-0.39, 0.29) is 17.5 Å². The highest BCUT2D eigenvalue weighted by molar-refractivity contribution is 6.42. The van der Waals surface area contributed by atoms with E-state index in [1.54, 1.807) is 30.5 Å². The number of nitrogens with one attached hydrogen (secondary N) is 1. The van der Waals surface area contributed by atoms with Gasteiger partial charge in [-0.15, -0.1) is 0 Å². The smallest absolute Gasteiger partial charge is 0.255 e. The van der Waals surface area contributed by atoms with Crippen LogP contribution in [0.3, 0.4) is 0 Å². The summed E-state index contributed by atoms with van der Waals surface area (Å²) in [5.74, 6) is 0.391. The number of halogens is 2. The number of amides is 1. The molecule has 0 radical (unpaired) electrons. The van der Waals surface area contributed by atoms with Crippen molar-refractivity contribution in [2.75, 3.05) is 19.6 Å². The van der Waals surface area contributed by atoms with Crippen LogP contribution in [0.15, 0.2) is 41.3 Å². The fourth-order valence-electron chi connectivity index (χ4n) is 3.84. The van der Waals surface area contributed by atoms with Gasteiger partial charge in [-0.25, -0.2) is 0 Å². The zero-order valence-electron chi connectivity index (χ0n) is 14.1. The number of carbonyl (C=O) groups excluding carboxylic acids is 1. The molecule has 1 N–H and O–H groups in total. The van der Waals surface area contributed by atoms with E-state index in [9.17, 15) is 9.59 Å². The summed E-state index contributed by atoms with van der Waals surface area (Å²) in [6.07, 6.45) is 3.82. The second-order valence-corrected chi connectivity index (χ2v) is 7.76. The van der Waals surface area contributed by atoms with Gasteiger partial charge in [0.25, 0.3) is 11.5 Å². The largest absolute Gasteiger partial charge is 0.348 e. The van der Waals surface area contributed by atoms with Crippen LogP contribution >= 0.6 is 23.2 Å². The first-order valence-electron chi connectivity index (χ1n) is 8.72. The Hall–Kier alpha value is -1.82. The maximum atomic E-state index is 12.7. The zero-order chi connectivity index (χ0) is 18.3. The van der Waals surface area contributed by atoms with Gasteiger partial charge in [0.15, 0.2) is 0 Å². The summed E-state index contributed by atoms with van der Waals surface area (Å²) in [6, 6.07) is 8.08. The third-order valence-electron chi connectivity index (χ3n) is 5.33. The minimum absolute atomic E-state index is 0.155. The van der Waals surface area contributed by atoms with Crippen molar-refractivity contribution in [3.63, 3.8) is 0 Å². The Morgan fingerprint density at radius 3 is 2.50 bits per heavy atom. The average molecular weight is 392 g/mol. The Bertz CT molecular complexity index is 904. The van der Waals surface area contributed by atoms with Gasteiger partial charge in [0, 0.05) is 24.8 Å². The number of carbonyl (C=O) groups is 1. The fraction of sp³-hybridized carbons (Fsp3) is 0.368. The first-order valence-corrected chi connectivity index (χ1v) is 9.48. The lowest BCUT2D eigenvalue weighted by Gasteiger charge is -2.44. The molecular weight excluding hydrogens is 373 g/mol. The van der Waals surface area contributed by atoms with Gasteiger partial charge in [-0.3, -0.25) is 14.2 Å². The van der Waals surface area contributed by atoms with Crippen molar-refractivity contribution in [2.45, 2.75) is 18.9 Å². The van der Waals surface area contributed by atoms with Crippen molar-refractivity contribution in [3.8, 4) is 5.69 Å². The lowest BCUT2D eigenvalue weighted by atomic mass is 9.84. The van der Waals surface area contributed by atoms with Crippen molar-refractivity contribution < 1.29 is 4.79 Å². The van der Waals surface area contributed by atoms with Gasteiger partial charge in [0.2, 0.25) is 0 Å². The number of hydrogen-bond acceptors (Lipinski definition) is 3. The highest BCUT2D eigenvalue weighted by Crippen LogP contribution is 2.28. The van der Waals surface area contributed by atoms with E-state index < -0.39 is 0 Å². The third-order valence-corrected chi connectivity index (χ3v) is 6.07. The summed E-state index contributed by atoms with van der Waals surface area (Å²) in [5, 5.41) is 3.92. The van der Waals surface area contributed by atoms with Crippen molar-refractivity contribution in [2.24, 2.45) is 5.92 Å². The molecule has 5 nitrogen and oxygen atoms in total. The molecule has 0 aliphatic carbocycles. The van der Waals surface area contributed by atoms with E-state index in [0.717, 1.165) is 32.5 Å². The number of fused-ring (bicyclic) bond motifs is 3. The molecule has 1 aromatic carbocycles. The van der Waals surface area contributed by atoms with E-state index in [1.165, 1.54) is 10.6 Å². The maximum absolute atomic E-state index is 12.7. The second-order valence-electron chi connectivity index (χ2n) is 6.94. The van der Waals surface area contributed by atoms with Gasteiger partial charge >= 0.3 is 0 Å². The number of nitrogens with zero attached hydrogens (tertiary/aromatic N) is 2. The van der Waals surface area contributed by atoms with Crippen molar-refractivity contribution in [1.82, 2.24) is 14.8 Å². The number of rotatable bonds is 3. The molecule has 1 atom stereocenters. The van der Waals surface area contributed by atoms with E-state index in [0.29, 0.717) is 27.2 Å². The first kappa shape index (κ1) is 17.6. The lowest BCUT2D eigenvalue weighted by Crippen LogP contribution is -2.57.